The van der Waals surface area contributed by atoms with Crippen LogP contribution in [-0.2, 0) is 0 Å². The van der Waals surface area contributed by atoms with E-state index >= 15 is 0 Å². The summed E-state index contributed by atoms with van der Waals surface area (Å²) in [5.41, 5.74) is 2.36. The highest BCUT2D eigenvalue weighted by Gasteiger charge is 2.21. The Labute approximate surface area is 95.6 Å². The average molecular weight is 216 g/mol. The van der Waals surface area contributed by atoms with Crippen molar-refractivity contribution in [3.8, 4) is 0 Å². The summed E-state index contributed by atoms with van der Waals surface area (Å²) in [6.45, 7) is 1.99. The second-order valence-electron chi connectivity index (χ2n) is 4.30. The Morgan fingerprint density at radius 1 is 1.31 bits per heavy atom. The number of aliphatic hydroxyl groups excluding tert-OH is 1. The van der Waals surface area contributed by atoms with E-state index in [9.17, 15) is 9.90 Å². The number of carbonyl (C=O) groups excluding carboxylic acids is 1. The Morgan fingerprint density at radius 3 is 2.62 bits per heavy atom. The standard InChI is InChI=1S/C14H16O2/c1-10-6-8-11(9-7-10)14(16)12-4-2-3-5-13(12)15/h4,6-9,13,15H,2-3,5H2,1H3. The van der Waals surface area contributed by atoms with Crippen molar-refractivity contribution in [2.75, 3.05) is 0 Å². The number of Topliss-reactive ketones (excluding diaryl/α,β-unsaturated/α-hetero) is 1. The minimum Gasteiger partial charge on any atom is -0.388 e. The fourth-order valence-electron chi connectivity index (χ4n) is 1.98. The topological polar surface area (TPSA) is 37.3 Å². The summed E-state index contributed by atoms with van der Waals surface area (Å²) in [5.74, 6) is -0.0350. The van der Waals surface area contributed by atoms with Crippen LogP contribution in [0.5, 0.6) is 0 Å². The van der Waals surface area contributed by atoms with Gasteiger partial charge in [0.25, 0.3) is 0 Å². The molecule has 0 heterocycles. The predicted molar refractivity (Wildman–Crippen MR) is 63.5 cm³/mol. The van der Waals surface area contributed by atoms with E-state index in [1.165, 1.54) is 0 Å². The molecule has 2 rings (SSSR count). The first-order chi connectivity index (χ1) is 7.68. The number of rotatable bonds is 2. The lowest BCUT2D eigenvalue weighted by molar-refractivity contribution is 0.0975. The van der Waals surface area contributed by atoms with Gasteiger partial charge in [-0.1, -0.05) is 35.9 Å². The number of aryl methyl sites for hydroxylation is 1. The van der Waals surface area contributed by atoms with Crippen molar-refractivity contribution in [3.05, 3.63) is 47.0 Å². The van der Waals surface area contributed by atoms with Crippen molar-refractivity contribution in [1.29, 1.82) is 0 Å². The van der Waals surface area contributed by atoms with Gasteiger partial charge in [-0.25, -0.2) is 0 Å². The van der Waals surface area contributed by atoms with Crippen LogP contribution in [0.25, 0.3) is 0 Å². The van der Waals surface area contributed by atoms with Crippen LogP contribution in [0, 0.1) is 6.92 Å². The summed E-state index contributed by atoms with van der Waals surface area (Å²) in [6, 6.07) is 7.48. The molecule has 1 unspecified atom stereocenters. The van der Waals surface area contributed by atoms with Gasteiger partial charge in [-0.05, 0) is 26.2 Å². The molecule has 1 aliphatic rings. The predicted octanol–water partition coefficient (Wildman–Crippen LogP) is 2.65. The van der Waals surface area contributed by atoms with Crippen LogP contribution in [0.4, 0.5) is 0 Å². The minimum atomic E-state index is -0.581. The first kappa shape index (κ1) is 11.1. The molecule has 0 radical (unpaired) electrons. The van der Waals surface area contributed by atoms with Crippen LogP contribution in [0.2, 0.25) is 0 Å². The van der Waals surface area contributed by atoms with E-state index in [1.54, 1.807) is 0 Å². The molecule has 1 N–H and O–H groups in total. The minimum absolute atomic E-state index is 0.0350. The molecule has 1 aliphatic carbocycles. The molecular weight excluding hydrogens is 200 g/mol. The third kappa shape index (κ3) is 2.22. The van der Waals surface area contributed by atoms with Gasteiger partial charge in [-0.15, -0.1) is 0 Å². The third-order valence-corrected chi connectivity index (χ3v) is 2.98. The van der Waals surface area contributed by atoms with E-state index in [2.05, 4.69) is 0 Å². The summed E-state index contributed by atoms with van der Waals surface area (Å²) < 4.78 is 0. The lowest BCUT2D eigenvalue weighted by atomic mass is 9.90. The van der Waals surface area contributed by atoms with Crippen molar-refractivity contribution in [2.24, 2.45) is 0 Å². The average Bonchev–Trinajstić information content (AvgIpc) is 2.30. The van der Waals surface area contributed by atoms with Crippen LogP contribution in [0.15, 0.2) is 35.9 Å². The van der Waals surface area contributed by atoms with Crippen LogP contribution in [-0.4, -0.2) is 17.0 Å². The molecule has 1 aromatic carbocycles. The number of allylic oxidation sites excluding steroid dienone is 1. The van der Waals surface area contributed by atoms with E-state index in [0.29, 0.717) is 17.6 Å². The molecule has 0 aliphatic heterocycles. The summed E-state index contributed by atoms with van der Waals surface area (Å²) >= 11 is 0. The van der Waals surface area contributed by atoms with Crippen molar-refractivity contribution in [3.63, 3.8) is 0 Å². The fourth-order valence-corrected chi connectivity index (χ4v) is 1.98. The van der Waals surface area contributed by atoms with Gasteiger partial charge < -0.3 is 5.11 Å². The molecule has 84 valence electrons. The van der Waals surface area contributed by atoms with E-state index in [-0.39, 0.29) is 5.78 Å². The summed E-state index contributed by atoms with van der Waals surface area (Å²) in [6.07, 6.45) is 3.85. The normalized spacial score (nSPS) is 20.4. The van der Waals surface area contributed by atoms with E-state index in [0.717, 1.165) is 18.4 Å². The molecule has 2 heteroatoms. The number of hydrogen-bond acceptors (Lipinski definition) is 2. The molecule has 2 nitrogen and oxygen atoms in total. The maximum absolute atomic E-state index is 12.1. The Bertz CT molecular complexity index is 415. The molecular formula is C14H16O2. The van der Waals surface area contributed by atoms with Gasteiger partial charge >= 0.3 is 0 Å². The SMILES string of the molecule is Cc1ccc(C(=O)C2=CCCCC2O)cc1. The molecule has 1 aromatic rings. The van der Waals surface area contributed by atoms with Crippen molar-refractivity contribution in [1.82, 2.24) is 0 Å². The number of carbonyl (C=O) groups is 1. The molecule has 16 heavy (non-hydrogen) atoms. The molecule has 0 saturated heterocycles. The lowest BCUT2D eigenvalue weighted by Crippen LogP contribution is -2.20. The van der Waals surface area contributed by atoms with Crippen LogP contribution in [0.3, 0.4) is 0 Å². The van der Waals surface area contributed by atoms with Crippen LogP contribution < -0.4 is 0 Å². The first-order valence-corrected chi connectivity index (χ1v) is 5.68. The number of ketones is 1. The number of hydrogen-bond donors (Lipinski definition) is 1. The maximum Gasteiger partial charge on any atom is 0.191 e. The van der Waals surface area contributed by atoms with Gasteiger partial charge in [0.05, 0.1) is 6.10 Å². The summed E-state index contributed by atoms with van der Waals surface area (Å²) in [4.78, 5) is 12.1. The summed E-state index contributed by atoms with van der Waals surface area (Å²) in [5, 5.41) is 9.77. The quantitative estimate of drug-likeness (QED) is 0.772. The zero-order valence-electron chi connectivity index (χ0n) is 9.44. The van der Waals surface area contributed by atoms with Gasteiger partial charge in [0.1, 0.15) is 0 Å². The first-order valence-electron chi connectivity index (χ1n) is 5.68. The number of benzene rings is 1. The van der Waals surface area contributed by atoms with Gasteiger partial charge in [-0.2, -0.15) is 0 Å². The van der Waals surface area contributed by atoms with Gasteiger partial charge in [-0.3, -0.25) is 4.79 Å². The van der Waals surface area contributed by atoms with Crippen LogP contribution >= 0.6 is 0 Å². The molecule has 0 saturated carbocycles. The Kier molecular flexibility index (Phi) is 3.20. The smallest absolute Gasteiger partial charge is 0.191 e. The maximum atomic E-state index is 12.1. The van der Waals surface area contributed by atoms with Gasteiger partial charge in [0.15, 0.2) is 5.78 Å². The molecule has 0 spiro atoms. The number of aliphatic hydroxyl groups is 1. The van der Waals surface area contributed by atoms with Crippen LogP contribution in [0.1, 0.15) is 35.2 Å². The van der Waals surface area contributed by atoms with E-state index < -0.39 is 6.10 Å². The highest BCUT2D eigenvalue weighted by Crippen LogP contribution is 2.22. The highest BCUT2D eigenvalue weighted by molar-refractivity contribution is 6.09. The van der Waals surface area contributed by atoms with Crippen molar-refractivity contribution in [2.45, 2.75) is 32.3 Å². The zero-order chi connectivity index (χ0) is 11.5. The largest absolute Gasteiger partial charge is 0.388 e. The zero-order valence-corrected chi connectivity index (χ0v) is 9.44. The molecule has 1 atom stereocenters. The second-order valence-corrected chi connectivity index (χ2v) is 4.30. The molecule has 0 bridgehead atoms. The fraction of sp³-hybridized carbons (Fsp3) is 0.357. The lowest BCUT2D eigenvalue weighted by Gasteiger charge is -2.18. The van der Waals surface area contributed by atoms with E-state index in [1.807, 2.05) is 37.3 Å². The van der Waals surface area contributed by atoms with Crippen molar-refractivity contribution < 1.29 is 9.90 Å². The molecule has 0 fully saturated rings. The Hall–Kier alpha value is -1.41. The highest BCUT2D eigenvalue weighted by atomic mass is 16.3. The van der Waals surface area contributed by atoms with Crippen molar-refractivity contribution >= 4 is 5.78 Å². The second kappa shape index (κ2) is 4.62. The third-order valence-electron chi connectivity index (χ3n) is 2.98. The van der Waals surface area contributed by atoms with Gasteiger partial charge in [0.2, 0.25) is 0 Å². The monoisotopic (exact) mass is 216 g/mol. The Balaban J connectivity index is 2.24. The molecule has 0 amide bonds. The van der Waals surface area contributed by atoms with E-state index in [4.69, 9.17) is 0 Å². The Morgan fingerprint density at radius 2 is 2.00 bits per heavy atom. The molecule has 0 aromatic heterocycles. The summed E-state index contributed by atoms with van der Waals surface area (Å²) in [7, 11) is 0. The van der Waals surface area contributed by atoms with Gasteiger partial charge in [0, 0.05) is 11.1 Å².